The van der Waals surface area contributed by atoms with Gasteiger partial charge in [-0.1, -0.05) is 6.08 Å². The van der Waals surface area contributed by atoms with E-state index in [1.807, 2.05) is 43.7 Å². The van der Waals surface area contributed by atoms with Crippen molar-refractivity contribution < 1.29 is 0 Å². The number of imidazole rings is 1. The van der Waals surface area contributed by atoms with Crippen LogP contribution >= 0.6 is 0 Å². The minimum Gasteiger partial charge on any atom is -0.352 e. The number of aromatic nitrogens is 3. The molecule has 0 radical (unpaired) electrons. The van der Waals surface area contributed by atoms with Crippen LogP contribution in [0.4, 0.5) is 5.95 Å². The summed E-state index contributed by atoms with van der Waals surface area (Å²) in [7, 11) is 0. The van der Waals surface area contributed by atoms with Gasteiger partial charge in [0.2, 0.25) is 5.95 Å². The van der Waals surface area contributed by atoms with Gasteiger partial charge in [-0.25, -0.2) is 4.98 Å². The van der Waals surface area contributed by atoms with Crippen LogP contribution in [0.3, 0.4) is 0 Å². The number of pyridine rings is 1. The fourth-order valence-electron chi connectivity index (χ4n) is 1.90. The Morgan fingerprint density at radius 1 is 1.22 bits per heavy atom. The van der Waals surface area contributed by atoms with Crippen molar-refractivity contribution in [3.8, 4) is 5.69 Å². The van der Waals surface area contributed by atoms with E-state index < -0.39 is 0 Å². The summed E-state index contributed by atoms with van der Waals surface area (Å²) in [5, 5.41) is 3.23. The van der Waals surface area contributed by atoms with Gasteiger partial charge in [-0.15, -0.1) is 6.58 Å². The molecule has 1 N–H and O–H groups in total. The second kappa shape index (κ2) is 5.04. The molecule has 4 heteroatoms. The van der Waals surface area contributed by atoms with E-state index in [4.69, 9.17) is 0 Å². The Morgan fingerprint density at radius 3 is 2.67 bits per heavy atom. The third kappa shape index (κ3) is 2.42. The van der Waals surface area contributed by atoms with Crippen molar-refractivity contribution in [3.63, 3.8) is 0 Å². The first-order valence-electron chi connectivity index (χ1n) is 5.97. The molecule has 2 aromatic heterocycles. The van der Waals surface area contributed by atoms with Crippen LogP contribution in [0, 0.1) is 20.8 Å². The summed E-state index contributed by atoms with van der Waals surface area (Å²) >= 11 is 0. The molecule has 0 saturated heterocycles. The first-order valence-corrected chi connectivity index (χ1v) is 5.97. The molecule has 2 heterocycles. The van der Waals surface area contributed by atoms with E-state index in [0.717, 1.165) is 28.7 Å². The van der Waals surface area contributed by atoms with Crippen LogP contribution in [0.2, 0.25) is 0 Å². The average Bonchev–Trinajstić information content (AvgIpc) is 2.67. The largest absolute Gasteiger partial charge is 0.352 e. The number of anilines is 1. The highest BCUT2D eigenvalue weighted by atomic mass is 15.2. The minimum absolute atomic E-state index is 0.689. The molecule has 0 aromatic carbocycles. The van der Waals surface area contributed by atoms with Crippen LogP contribution in [0.1, 0.15) is 17.1 Å². The van der Waals surface area contributed by atoms with Crippen LogP contribution in [-0.2, 0) is 0 Å². The van der Waals surface area contributed by atoms with E-state index in [1.165, 1.54) is 0 Å². The van der Waals surface area contributed by atoms with E-state index in [1.54, 1.807) is 0 Å². The number of rotatable bonds is 4. The monoisotopic (exact) mass is 242 g/mol. The standard InChI is InChI=1S/C14H18N4/c1-5-8-15-14-17-11(3)9-18(14)13-7-6-10(2)16-12(13)4/h5-7,9H,1,8H2,2-4H3,(H,15,17). The van der Waals surface area contributed by atoms with Crippen LogP contribution in [0.15, 0.2) is 31.0 Å². The summed E-state index contributed by atoms with van der Waals surface area (Å²) in [5.41, 5.74) is 4.04. The molecule has 0 spiro atoms. The van der Waals surface area contributed by atoms with Gasteiger partial charge in [0.05, 0.1) is 17.1 Å². The zero-order chi connectivity index (χ0) is 13.1. The third-order valence-corrected chi connectivity index (χ3v) is 2.69. The van der Waals surface area contributed by atoms with E-state index in [0.29, 0.717) is 6.54 Å². The highest BCUT2D eigenvalue weighted by molar-refractivity contribution is 5.46. The van der Waals surface area contributed by atoms with Crippen LogP contribution in [0.5, 0.6) is 0 Å². The van der Waals surface area contributed by atoms with Gasteiger partial charge in [0.1, 0.15) is 0 Å². The first-order chi connectivity index (χ1) is 8.61. The zero-order valence-corrected chi connectivity index (χ0v) is 11.1. The summed E-state index contributed by atoms with van der Waals surface area (Å²) < 4.78 is 2.03. The number of nitrogens with zero attached hydrogens (tertiary/aromatic N) is 3. The molecule has 0 amide bonds. The zero-order valence-electron chi connectivity index (χ0n) is 11.1. The number of hydrogen-bond acceptors (Lipinski definition) is 3. The predicted octanol–water partition coefficient (Wildman–Crippen LogP) is 2.79. The summed E-state index contributed by atoms with van der Waals surface area (Å²) in [6.45, 7) is 10.4. The second-order valence-electron chi connectivity index (χ2n) is 4.30. The third-order valence-electron chi connectivity index (χ3n) is 2.69. The van der Waals surface area contributed by atoms with Crippen molar-refractivity contribution in [1.29, 1.82) is 0 Å². The SMILES string of the molecule is C=CCNc1nc(C)cn1-c1ccc(C)nc1C. The summed E-state index contributed by atoms with van der Waals surface area (Å²) in [6.07, 6.45) is 3.82. The average molecular weight is 242 g/mol. The van der Waals surface area contributed by atoms with Crippen molar-refractivity contribution in [2.75, 3.05) is 11.9 Å². The lowest BCUT2D eigenvalue weighted by Crippen LogP contribution is -2.07. The van der Waals surface area contributed by atoms with E-state index >= 15 is 0 Å². The van der Waals surface area contributed by atoms with E-state index in [9.17, 15) is 0 Å². The number of hydrogen-bond donors (Lipinski definition) is 1. The van der Waals surface area contributed by atoms with Crippen molar-refractivity contribution in [2.24, 2.45) is 0 Å². The molecule has 0 unspecified atom stereocenters. The van der Waals surface area contributed by atoms with Crippen molar-refractivity contribution in [1.82, 2.24) is 14.5 Å². The Balaban J connectivity index is 2.45. The summed E-state index contributed by atoms with van der Waals surface area (Å²) in [5.74, 6) is 0.821. The Kier molecular flexibility index (Phi) is 3.46. The first kappa shape index (κ1) is 12.4. The van der Waals surface area contributed by atoms with Gasteiger partial charge in [0, 0.05) is 18.4 Å². The molecule has 0 aliphatic heterocycles. The van der Waals surface area contributed by atoms with Gasteiger partial charge in [-0.05, 0) is 32.9 Å². The quantitative estimate of drug-likeness (QED) is 0.838. The van der Waals surface area contributed by atoms with Crippen LogP contribution in [0.25, 0.3) is 5.69 Å². The van der Waals surface area contributed by atoms with E-state index in [-0.39, 0.29) is 0 Å². The highest BCUT2D eigenvalue weighted by Crippen LogP contribution is 2.19. The van der Waals surface area contributed by atoms with Crippen molar-refractivity contribution in [2.45, 2.75) is 20.8 Å². The molecule has 94 valence electrons. The molecule has 2 rings (SSSR count). The molecular weight excluding hydrogens is 224 g/mol. The lowest BCUT2D eigenvalue weighted by Gasteiger charge is -2.11. The molecule has 0 atom stereocenters. The van der Waals surface area contributed by atoms with Crippen molar-refractivity contribution >= 4 is 5.95 Å². The maximum absolute atomic E-state index is 4.48. The number of aryl methyl sites for hydroxylation is 3. The van der Waals surface area contributed by atoms with Gasteiger partial charge >= 0.3 is 0 Å². The lowest BCUT2D eigenvalue weighted by atomic mass is 10.2. The molecule has 0 aliphatic carbocycles. The molecule has 4 nitrogen and oxygen atoms in total. The maximum Gasteiger partial charge on any atom is 0.208 e. The topological polar surface area (TPSA) is 42.7 Å². The highest BCUT2D eigenvalue weighted by Gasteiger charge is 2.09. The Hall–Kier alpha value is -2.10. The lowest BCUT2D eigenvalue weighted by molar-refractivity contribution is 0.986. The fourth-order valence-corrected chi connectivity index (χ4v) is 1.90. The molecule has 2 aromatic rings. The van der Waals surface area contributed by atoms with Crippen molar-refractivity contribution in [3.05, 3.63) is 48.1 Å². The molecule has 18 heavy (non-hydrogen) atoms. The smallest absolute Gasteiger partial charge is 0.208 e. The fraction of sp³-hybridized carbons (Fsp3) is 0.286. The predicted molar refractivity (Wildman–Crippen MR) is 74.3 cm³/mol. The minimum atomic E-state index is 0.689. The van der Waals surface area contributed by atoms with Gasteiger partial charge in [0.25, 0.3) is 0 Å². The Labute approximate surface area is 107 Å². The molecule has 0 saturated carbocycles. The molecule has 0 bridgehead atoms. The normalized spacial score (nSPS) is 10.4. The van der Waals surface area contributed by atoms with Crippen LogP contribution in [-0.4, -0.2) is 21.1 Å². The number of nitrogens with one attached hydrogen (secondary N) is 1. The maximum atomic E-state index is 4.48. The molecular formula is C14H18N4. The van der Waals surface area contributed by atoms with Gasteiger partial charge < -0.3 is 5.32 Å². The molecule has 0 aliphatic rings. The summed E-state index contributed by atoms with van der Waals surface area (Å²) in [6, 6.07) is 4.08. The van der Waals surface area contributed by atoms with Crippen LogP contribution < -0.4 is 5.32 Å². The second-order valence-corrected chi connectivity index (χ2v) is 4.30. The van der Waals surface area contributed by atoms with E-state index in [2.05, 4.69) is 27.9 Å². The van der Waals surface area contributed by atoms with Gasteiger partial charge in [-0.2, -0.15) is 0 Å². The van der Waals surface area contributed by atoms with Gasteiger partial charge in [0.15, 0.2) is 0 Å². The Bertz CT molecular complexity index is 569. The summed E-state index contributed by atoms with van der Waals surface area (Å²) in [4.78, 5) is 8.95. The van der Waals surface area contributed by atoms with Gasteiger partial charge in [-0.3, -0.25) is 9.55 Å². The Morgan fingerprint density at radius 2 is 2.00 bits per heavy atom. The molecule has 0 fully saturated rings.